The molecule has 3 heteroatoms. The molecule has 0 fully saturated rings. The third-order valence-corrected chi connectivity index (χ3v) is 2.02. The van der Waals surface area contributed by atoms with Crippen LogP contribution in [0.2, 0.25) is 0 Å². The molecule has 0 aliphatic carbocycles. The quantitative estimate of drug-likeness (QED) is 0.649. The van der Waals surface area contributed by atoms with Gasteiger partial charge in [-0.1, -0.05) is 6.08 Å². The summed E-state index contributed by atoms with van der Waals surface area (Å²) < 4.78 is 0. The van der Waals surface area contributed by atoms with Gasteiger partial charge in [0.1, 0.15) is 0 Å². The number of amides is 1. The molecular formula is C9H16N2O. The summed E-state index contributed by atoms with van der Waals surface area (Å²) in [5.41, 5.74) is 1.25. The number of carbonyl (C=O) groups is 1. The summed E-state index contributed by atoms with van der Waals surface area (Å²) in [5, 5.41) is 6.05. The summed E-state index contributed by atoms with van der Waals surface area (Å²) in [6.07, 6.45) is 3.26. The predicted molar refractivity (Wildman–Crippen MR) is 48.6 cm³/mol. The Balaban J connectivity index is 2.12. The zero-order valence-electron chi connectivity index (χ0n) is 7.68. The van der Waals surface area contributed by atoms with E-state index >= 15 is 0 Å². The molecule has 1 aliphatic heterocycles. The molecule has 2 N–H and O–H groups in total. The van der Waals surface area contributed by atoms with E-state index in [2.05, 4.69) is 23.6 Å². The van der Waals surface area contributed by atoms with Gasteiger partial charge in [-0.25, -0.2) is 0 Å². The Bertz CT molecular complexity index is 199. The lowest BCUT2D eigenvalue weighted by Gasteiger charge is -2.06. The molecule has 1 heterocycles. The zero-order chi connectivity index (χ0) is 8.97. The Kier molecular flexibility index (Phi) is 3.14. The summed E-state index contributed by atoms with van der Waals surface area (Å²) in [5.74, 6) is 0.651. The third-order valence-electron chi connectivity index (χ3n) is 2.02. The van der Waals surface area contributed by atoms with Crippen LogP contribution in [0.5, 0.6) is 0 Å². The summed E-state index contributed by atoms with van der Waals surface area (Å²) >= 11 is 0. The first-order chi connectivity index (χ1) is 5.68. The van der Waals surface area contributed by atoms with Crippen LogP contribution in [0.4, 0.5) is 0 Å². The third kappa shape index (κ3) is 2.95. The minimum atomic E-state index is 0.0571. The second kappa shape index (κ2) is 4.14. The summed E-state index contributed by atoms with van der Waals surface area (Å²) in [6, 6.07) is 0. The molecule has 68 valence electrons. The molecule has 1 atom stereocenters. The first-order valence-corrected chi connectivity index (χ1v) is 4.35. The van der Waals surface area contributed by atoms with Crippen LogP contribution in [-0.4, -0.2) is 19.0 Å². The van der Waals surface area contributed by atoms with Crippen LogP contribution in [0.15, 0.2) is 11.8 Å². The van der Waals surface area contributed by atoms with Gasteiger partial charge in [-0.15, -0.1) is 0 Å². The van der Waals surface area contributed by atoms with Gasteiger partial charge < -0.3 is 10.6 Å². The normalized spacial score (nSPS) is 21.5. The molecule has 12 heavy (non-hydrogen) atoms. The van der Waals surface area contributed by atoms with E-state index < -0.39 is 0 Å². The Morgan fingerprint density at radius 1 is 1.83 bits per heavy atom. The van der Waals surface area contributed by atoms with Gasteiger partial charge in [0, 0.05) is 25.7 Å². The van der Waals surface area contributed by atoms with Crippen LogP contribution in [0.25, 0.3) is 0 Å². The molecule has 0 saturated carbocycles. The van der Waals surface area contributed by atoms with E-state index in [1.165, 1.54) is 5.70 Å². The van der Waals surface area contributed by atoms with Crippen molar-refractivity contribution in [2.24, 2.45) is 5.92 Å². The molecule has 0 aromatic rings. The molecular weight excluding hydrogens is 152 g/mol. The van der Waals surface area contributed by atoms with Crippen molar-refractivity contribution in [1.82, 2.24) is 10.6 Å². The SMILES string of the molecule is CC(=O)NCCC1C=C(C)NC1. The highest BCUT2D eigenvalue weighted by Gasteiger charge is 2.11. The van der Waals surface area contributed by atoms with Crippen molar-refractivity contribution in [3.05, 3.63) is 11.8 Å². The minimum Gasteiger partial charge on any atom is -0.388 e. The smallest absolute Gasteiger partial charge is 0.216 e. The summed E-state index contributed by atoms with van der Waals surface area (Å²) in [7, 11) is 0. The maximum atomic E-state index is 10.5. The molecule has 0 aromatic carbocycles. The van der Waals surface area contributed by atoms with Crippen molar-refractivity contribution in [2.45, 2.75) is 20.3 Å². The van der Waals surface area contributed by atoms with Crippen molar-refractivity contribution >= 4 is 5.91 Å². The van der Waals surface area contributed by atoms with Gasteiger partial charge in [-0.3, -0.25) is 4.79 Å². The fourth-order valence-corrected chi connectivity index (χ4v) is 1.38. The highest BCUT2D eigenvalue weighted by atomic mass is 16.1. The highest BCUT2D eigenvalue weighted by molar-refractivity contribution is 5.72. The standard InChI is InChI=1S/C9H16N2O/c1-7-5-9(6-11-7)3-4-10-8(2)12/h5,9,11H,3-4,6H2,1-2H3,(H,10,12). The predicted octanol–water partition coefficient (Wildman–Crippen LogP) is 0.636. The van der Waals surface area contributed by atoms with Crippen molar-refractivity contribution in [3.8, 4) is 0 Å². The number of carbonyl (C=O) groups excluding carboxylic acids is 1. The summed E-state index contributed by atoms with van der Waals surface area (Å²) in [6.45, 7) is 5.42. The van der Waals surface area contributed by atoms with Gasteiger partial charge >= 0.3 is 0 Å². The topological polar surface area (TPSA) is 41.1 Å². The molecule has 1 aliphatic rings. The van der Waals surface area contributed by atoms with Crippen LogP contribution in [-0.2, 0) is 4.79 Å². The molecule has 1 unspecified atom stereocenters. The van der Waals surface area contributed by atoms with Crippen LogP contribution < -0.4 is 10.6 Å². The Morgan fingerprint density at radius 2 is 2.58 bits per heavy atom. The van der Waals surface area contributed by atoms with E-state index in [1.54, 1.807) is 6.92 Å². The van der Waals surface area contributed by atoms with Gasteiger partial charge in [0.05, 0.1) is 0 Å². The van der Waals surface area contributed by atoms with Crippen LogP contribution in [0, 0.1) is 5.92 Å². The van der Waals surface area contributed by atoms with Crippen LogP contribution >= 0.6 is 0 Å². The lowest BCUT2D eigenvalue weighted by Crippen LogP contribution is -2.23. The average Bonchev–Trinajstić information content (AvgIpc) is 2.35. The van der Waals surface area contributed by atoms with Crippen molar-refractivity contribution in [3.63, 3.8) is 0 Å². The molecule has 0 radical (unpaired) electrons. The van der Waals surface area contributed by atoms with E-state index in [0.717, 1.165) is 19.5 Å². The van der Waals surface area contributed by atoms with Gasteiger partial charge in [0.15, 0.2) is 0 Å². The second-order valence-corrected chi connectivity index (χ2v) is 3.26. The van der Waals surface area contributed by atoms with E-state index in [0.29, 0.717) is 5.92 Å². The van der Waals surface area contributed by atoms with Crippen LogP contribution in [0.3, 0.4) is 0 Å². The zero-order valence-corrected chi connectivity index (χ0v) is 7.68. The van der Waals surface area contributed by atoms with Crippen molar-refractivity contribution in [2.75, 3.05) is 13.1 Å². The number of hydrogen-bond acceptors (Lipinski definition) is 2. The molecule has 3 nitrogen and oxygen atoms in total. The molecule has 1 amide bonds. The van der Waals surface area contributed by atoms with Crippen molar-refractivity contribution < 1.29 is 4.79 Å². The average molecular weight is 168 g/mol. The molecule has 0 bridgehead atoms. The van der Waals surface area contributed by atoms with E-state index in [-0.39, 0.29) is 5.91 Å². The highest BCUT2D eigenvalue weighted by Crippen LogP contribution is 2.11. The number of rotatable bonds is 3. The maximum absolute atomic E-state index is 10.5. The van der Waals surface area contributed by atoms with Crippen LogP contribution in [0.1, 0.15) is 20.3 Å². The number of nitrogens with one attached hydrogen (secondary N) is 2. The lowest BCUT2D eigenvalue weighted by molar-refractivity contribution is -0.118. The maximum Gasteiger partial charge on any atom is 0.216 e. The monoisotopic (exact) mass is 168 g/mol. The van der Waals surface area contributed by atoms with E-state index in [4.69, 9.17) is 0 Å². The van der Waals surface area contributed by atoms with Gasteiger partial charge in [0.25, 0.3) is 0 Å². The lowest BCUT2D eigenvalue weighted by atomic mass is 10.1. The van der Waals surface area contributed by atoms with E-state index in [1.807, 2.05) is 0 Å². The first-order valence-electron chi connectivity index (χ1n) is 4.35. The molecule has 0 aromatic heterocycles. The van der Waals surface area contributed by atoms with Crippen molar-refractivity contribution in [1.29, 1.82) is 0 Å². The molecule has 0 saturated heterocycles. The number of allylic oxidation sites excluding steroid dienone is 1. The van der Waals surface area contributed by atoms with E-state index in [9.17, 15) is 4.79 Å². The Hall–Kier alpha value is -0.990. The largest absolute Gasteiger partial charge is 0.388 e. The minimum absolute atomic E-state index is 0.0571. The Labute approximate surface area is 73.2 Å². The molecule has 0 spiro atoms. The number of hydrogen-bond donors (Lipinski definition) is 2. The Morgan fingerprint density at radius 3 is 3.08 bits per heavy atom. The molecule has 1 rings (SSSR count). The fourth-order valence-electron chi connectivity index (χ4n) is 1.38. The van der Waals surface area contributed by atoms with Gasteiger partial charge in [-0.05, 0) is 19.3 Å². The van der Waals surface area contributed by atoms with Gasteiger partial charge in [0.2, 0.25) is 5.91 Å². The van der Waals surface area contributed by atoms with Gasteiger partial charge in [-0.2, -0.15) is 0 Å². The summed E-state index contributed by atoms with van der Waals surface area (Å²) in [4.78, 5) is 10.5. The fraction of sp³-hybridized carbons (Fsp3) is 0.667. The first kappa shape index (κ1) is 9.10. The second-order valence-electron chi connectivity index (χ2n) is 3.26.